The molecule has 4 nitrogen and oxygen atoms in total. The summed E-state index contributed by atoms with van der Waals surface area (Å²) in [4.78, 5) is 25.6. The van der Waals surface area contributed by atoms with Crippen LogP contribution in [0, 0.1) is 13.8 Å². The molecule has 0 aliphatic carbocycles. The van der Waals surface area contributed by atoms with Crippen LogP contribution in [-0.4, -0.2) is 5.91 Å². The van der Waals surface area contributed by atoms with Gasteiger partial charge in [-0.25, -0.2) is 4.79 Å². The molecule has 0 saturated carbocycles. The molecule has 0 unspecified atom stereocenters. The van der Waals surface area contributed by atoms with Crippen molar-refractivity contribution in [1.82, 2.24) is 5.32 Å². The van der Waals surface area contributed by atoms with E-state index in [-0.39, 0.29) is 24.0 Å². The van der Waals surface area contributed by atoms with E-state index in [4.69, 9.17) is 4.42 Å². The van der Waals surface area contributed by atoms with Crippen LogP contribution in [0.4, 0.5) is 0 Å². The van der Waals surface area contributed by atoms with Gasteiger partial charge in [-0.2, -0.15) is 0 Å². The molecule has 2 aromatic heterocycles. The number of hydrogen-bond donors (Lipinski definition) is 1. The normalized spacial score (nSPS) is 12.3. The highest BCUT2D eigenvalue weighted by Crippen LogP contribution is 2.22. The first-order chi connectivity index (χ1) is 12.0. The molecule has 2 heterocycles. The van der Waals surface area contributed by atoms with Crippen molar-refractivity contribution in [3.05, 3.63) is 67.7 Å². The summed E-state index contributed by atoms with van der Waals surface area (Å²) in [7, 11) is 0. The van der Waals surface area contributed by atoms with Crippen LogP contribution in [0.25, 0.3) is 11.0 Å². The lowest BCUT2D eigenvalue weighted by molar-refractivity contribution is -0.121. The van der Waals surface area contributed by atoms with Crippen LogP contribution in [0.1, 0.15) is 41.0 Å². The Morgan fingerprint density at radius 3 is 2.80 bits per heavy atom. The van der Waals surface area contributed by atoms with Gasteiger partial charge in [-0.1, -0.05) is 18.2 Å². The molecule has 0 radical (unpaired) electrons. The van der Waals surface area contributed by atoms with Gasteiger partial charge in [-0.05, 0) is 55.8 Å². The summed E-state index contributed by atoms with van der Waals surface area (Å²) < 4.78 is 5.44. The van der Waals surface area contributed by atoms with Crippen LogP contribution < -0.4 is 10.9 Å². The molecule has 3 rings (SSSR count). The largest absolute Gasteiger partial charge is 0.423 e. The van der Waals surface area contributed by atoms with Gasteiger partial charge in [0, 0.05) is 22.2 Å². The van der Waals surface area contributed by atoms with Crippen molar-refractivity contribution < 1.29 is 9.21 Å². The van der Waals surface area contributed by atoms with Gasteiger partial charge in [-0.15, -0.1) is 11.3 Å². The van der Waals surface area contributed by atoms with Crippen molar-refractivity contribution in [2.24, 2.45) is 0 Å². The van der Waals surface area contributed by atoms with E-state index in [1.807, 2.05) is 56.5 Å². The van der Waals surface area contributed by atoms with Crippen molar-refractivity contribution in [2.75, 3.05) is 0 Å². The molecule has 5 heteroatoms. The van der Waals surface area contributed by atoms with Crippen LogP contribution in [0.15, 0.2) is 44.9 Å². The molecule has 25 heavy (non-hydrogen) atoms. The summed E-state index contributed by atoms with van der Waals surface area (Å²) in [5, 5.41) is 5.89. The smallest absolute Gasteiger partial charge is 0.339 e. The summed E-state index contributed by atoms with van der Waals surface area (Å²) in [5.74, 6) is -0.0660. The Morgan fingerprint density at radius 2 is 2.08 bits per heavy atom. The van der Waals surface area contributed by atoms with Crippen LogP contribution in [0.5, 0.6) is 0 Å². The van der Waals surface area contributed by atoms with Gasteiger partial charge in [0.25, 0.3) is 0 Å². The predicted molar refractivity (Wildman–Crippen MR) is 101 cm³/mol. The van der Waals surface area contributed by atoms with Crippen molar-refractivity contribution in [3.8, 4) is 0 Å². The summed E-state index contributed by atoms with van der Waals surface area (Å²) in [6.07, 6.45) is 0.639. The Kier molecular flexibility index (Phi) is 5.04. The van der Waals surface area contributed by atoms with E-state index in [9.17, 15) is 9.59 Å². The van der Waals surface area contributed by atoms with E-state index in [0.29, 0.717) is 17.6 Å². The number of nitrogens with one attached hydrogen (secondary N) is 1. The molecule has 0 fully saturated rings. The second-order valence-electron chi connectivity index (χ2n) is 6.30. The van der Waals surface area contributed by atoms with Crippen LogP contribution in [-0.2, 0) is 11.2 Å². The average molecular weight is 355 g/mol. The van der Waals surface area contributed by atoms with E-state index in [1.54, 1.807) is 11.3 Å². The van der Waals surface area contributed by atoms with Gasteiger partial charge in [0.1, 0.15) is 5.58 Å². The second kappa shape index (κ2) is 7.23. The molecule has 0 aliphatic heterocycles. The fraction of sp³-hybridized carbons (Fsp3) is 0.300. The standard InChI is InChI=1S/C20H21NO3S/c1-12-6-7-15-13(2)16(20(23)24-17(15)11-12)8-9-19(22)21-14(3)18-5-4-10-25-18/h4-7,10-11,14H,8-9H2,1-3H3,(H,21,22)/t14-/m1/s1. The Balaban J connectivity index is 1.73. The Bertz CT molecular complexity index is 957. The highest BCUT2D eigenvalue weighted by atomic mass is 32.1. The quantitative estimate of drug-likeness (QED) is 0.695. The summed E-state index contributed by atoms with van der Waals surface area (Å²) >= 11 is 1.62. The number of carbonyl (C=O) groups excluding carboxylic acids is 1. The number of amides is 1. The average Bonchev–Trinajstić information content (AvgIpc) is 3.08. The number of benzene rings is 1. The minimum Gasteiger partial charge on any atom is -0.423 e. The molecule has 1 aromatic carbocycles. The second-order valence-corrected chi connectivity index (χ2v) is 7.28. The Morgan fingerprint density at radius 1 is 1.28 bits per heavy atom. The minimum absolute atomic E-state index is 0.0235. The zero-order valence-corrected chi connectivity index (χ0v) is 15.4. The third kappa shape index (κ3) is 3.82. The highest BCUT2D eigenvalue weighted by molar-refractivity contribution is 7.10. The maximum absolute atomic E-state index is 12.3. The monoisotopic (exact) mass is 355 g/mol. The summed E-state index contributed by atoms with van der Waals surface area (Å²) in [5.41, 5.74) is 2.77. The van der Waals surface area contributed by atoms with E-state index in [0.717, 1.165) is 21.4 Å². The molecule has 1 N–H and O–H groups in total. The molecule has 0 aliphatic rings. The van der Waals surface area contributed by atoms with Crippen molar-refractivity contribution in [2.45, 2.75) is 39.7 Å². The fourth-order valence-electron chi connectivity index (χ4n) is 2.95. The molecular formula is C20H21NO3S. The van der Waals surface area contributed by atoms with Crippen LogP contribution >= 0.6 is 11.3 Å². The molecule has 130 valence electrons. The summed E-state index contributed by atoms with van der Waals surface area (Å²) in [6, 6.07) is 9.76. The van der Waals surface area contributed by atoms with Gasteiger partial charge < -0.3 is 9.73 Å². The van der Waals surface area contributed by atoms with Gasteiger partial charge in [0.05, 0.1) is 6.04 Å². The highest BCUT2D eigenvalue weighted by Gasteiger charge is 2.15. The van der Waals surface area contributed by atoms with E-state index < -0.39 is 0 Å². The molecule has 1 amide bonds. The zero-order valence-electron chi connectivity index (χ0n) is 14.6. The third-order valence-corrected chi connectivity index (χ3v) is 5.45. The number of rotatable bonds is 5. The zero-order chi connectivity index (χ0) is 18.0. The SMILES string of the molecule is Cc1ccc2c(C)c(CCC(=O)N[C@H](C)c3cccs3)c(=O)oc2c1. The first-order valence-corrected chi connectivity index (χ1v) is 9.19. The topological polar surface area (TPSA) is 59.3 Å². The number of thiophene rings is 1. The lowest BCUT2D eigenvalue weighted by atomic mass is 10.0. The predicted octanol–water partition coefficient (Wildman–Crippen LogP) is 4.28. The fourth-order valence-corrected chi connectivity index (χ4v) is 3.69. The summed E-state index contributed by atoms with van der Waals surface area (Å²) in [6.45, 7) is 5.83. The lowest BCUT2D eigenvalue weighted by Gasteiger charge is -2.12. The van der Waals surface area contributed by atoms with Crippen molar-refractivity contribution in [3.63, 3.8) is 0 Å². The van der Waals surface area contributed by atoms with E-state index in [1.165, 1.54) is 0 Å². The molecular weight excluding hydrogens is 334 g/mol. The van der Waals surface area contributed by atoms with Crippen molar-refractivity contribution in [1.29, 1.82) is 0 Å². The number of hydrogen-bond acceptors (Lipinski definition) is 4. The van der Waals surface area contributed by atoms with Gasteiger partial charge in [-0.3, -0.25) is 4.79 Å². The number of fused-ring (bicyclic) bond motifs is 1. The molecule has 0 saturated heterocycles. The van der Waals surface area contributed by atoms with E-state index >= 15 is 0 Å². The number of carbonyl (C=O) groups is 1. The first-order valence-electron chi connectivity index (χ1n) is 8.31. The maximum Gasteiger partial charge on any atom is 0.339 e. The molecule has 0 spiro atoms. The molecule has 3 aromatic rings. The third-order valence-electron chi connectivity index (χ3n) is 4.39. The van der Waals surface area contributed by atoms with Gasteiger partial charge in [0.15, 0.2) is 0 Å². The van der Waals surface area contributed by atoms with Crippen LogP contribution in [0.3, 0.4) is 0 Å². The Labute approximate surface area is 150 Å². The molecule has 0 bridgehead atoms. The van der Waals surface area contributed by atoms with Gasteiger partial charge in [0.2, 0.25) is 5.91 Å². The minimum atomic E-state index is -0.352. The maximum atomic E-state index is 12.3. The lowest BCUT2D eigenvalue weighted by Crippen LogP contribution is -2.27. The van der Waals surface area contributed by atoms with Gasteiger partial charge >= 0.3 is 5.63 Å². The molecule has 1 atom stereocenters. The number of aryl methyl sites for hydroxylation is 2. The van der Waals surface area contributed by atoms with E-state index in [2.05, 4.69) is 5.32 Å². The van der Waals surface area contributed by atoms with Crippen LogP contribution in [0.2, 0.25) is 0 Å². The Hall–Kier alpha value is -2.40. The van der Waals surface area contributed by atoms with Crippen molar-refractivity contribution >= 4 is 28.2 Å². The first kappa shape index (κ1) is 17.4.